The number of benzene rings is 2. The number of piperazine rings is 1. The molecule has 1 saturated heterocycles. The van der Waals surface area contributed by atoms with Crippen molar-refractivity contribution in [1.29, 1.82) is 0 Å². The lowest BCUT2D eigenvalue weighted by Gasteiger charge is -2.32. The van der Waals surface area contributed by atoms with Gasteiger partial charge in [-0.2, -0.15) is 0 Å². The van der Waals surface area contributed by atoms with Crippen molar-refractivity contribution in [3.63, 3.8) is 0 Å². The van der Waals surface area contributed by atoms with Gasteiger partial charge < -0.3 is 14.7 Å². The molecule has 11 heteroatoms. The summed E-state index contributed by atoms with van der Waals surface area (Å²) in [4.78, 5) is 36.9. The van der Waals surface area contributed by atoms with E-state index in [-0.39, 0.29) is 48.4 Å². The first-order valence-corrected chi connectivity index (χ1v) is 13.1. The summed E-state index contributed by atoms with van der Waals surface area (Å²) in [5.41, 5.74) is 1.68. The van der Waals surface area contributed by atoms with Gasteiger partial charge in [0.1, 0.15) is 9.88 Å². The Morgan fingerprint density at radius 3 is 2.28 bits per heavy atom. The third-order valence-electron chi connectivity index (χ3n) is 6.87. The Morgan fingerprint density at radius 2 is 1.59 bits per heavy atom. The highest BCUT2D eigenvalue weighted by Crippen LogP contribution is 2.44. The van der Waals surface area contributed by atoms with Gasteiger partial charge in [0.2, 0.25) is 5.91 Å². The van der Waals surface area contributed by atoms with Crippen LogP contribution in [0.4, 0.5) is 14.5 Å². The number of anilines is 1. The zero-order valence-corrected chi connectivity index (χ0v) is 24.1. The van der Waals surface area contributed by atoms with E-state index in [0.29, 0.717) is 47.4 Å². The largest absolute Gasteiger partial charge is 0.337 e. The van der Waals surface area contributed by atoms with Gasteiger partial charge in [0, 0.05) is 61.9 Å². The van der Waals surface area contributed by atoms with Crippen LogP contribution in [-0.2, 0) is 4.79 Å². The molecular formula is C28H30Cl2F2N4O2S. The summed E-state index contributed by atoms with van der Waals surface area (Å²) >= 11 is 1.26. The van der Waals surface area contributed by atoms with Gasteiger partial charge in [-0.15, -0.1) is 36.2 Å². The maximum atomic E-state index is 15.5. The molecule has 2 aliphatic heterocycles. The molecule has 0 spiro atoms. The number of aryl methyl sites for hydroxylation is 1. The van der Waals surface area contributed by atoms with Crippen LogP contribution in [0.3, 0.4) is 0 Å². The van der Waals surface area contributed by atoms with Gasteiger partial charge in [-0.25, -0.2) is 13.8 Å². The van der Waals surface area contributed by atoms with E-state index in [2.05, 4.69) is 9.88 Å². The summed E-state index contributed by atoms with van der Waals surface area (Å²) in [6.45, 7) is 3.96. The van der Waals surface area contributed by atoms with Crippen molar-refractivity contribution in [1.82, 2.24) is 14.8 Å². The van der Waals surface area contributed by atoms with Crippen molar-refractivity contribution in [3.8, 4) is 10.6 Å². The first-order valence-electron chi connectivity index (χ1n) is 12.3. The van der Waals surface area contributed by atoms with E-state index >= 15 is 8.78 Å². The number of carbonyl (C=O) groups is 2. The van der Waals surface area contributed by atoms with Gasteiger partial charge in [0.05, 0.1) is 11.4 Å². The van der Waals surface area contributed by atoms with Gasteiger partial charge in [0.15, 0.2) is 0 Å². The van der Waals surface area contributed by atoms with Crippen molar-refractivity contribution >= 4 is 59.2 Å². The highest BCUT2D eigenvalue weighted by Gasteiger charge is 2.42. The maximum Gasteiger partial charge on any atom is 0.275 e. The predicted molar refractivity (Wildman–Crippen MR) is 157 cm³/mol. The van der Waals surface area contributed by atoms with Gasteiger partial charge in [0.25, 0.3) is 11.8 Å². The minimum Gasteiger partial charge on any atom is -0.337 e. The number of para-hydroxylation sites is 1. The molecule has 1 aromatic heterocycles. The molecule has 3 heterocycles. The first kappa shape index (κ1) is 30.7. The number of nitrogens with zero attached hydrogens (tertiary/aromatic N) is 4. The SMILES string of the molecule is Cc1nc(-c2ccccc2)sc1C(=O)N1CCC(F)(F)/C(=C\C(=O)N2CCN(C)CC2)c2ccccc21.Cl.Cl. The number of allylic oxidation sites excluding steroid dienone is 1. The van der Waals surface area contributed by atoms with Crippen LogP contribution in [0, 0.1) is 6.92 Å². The number of amides is 2. The van der Waals surface area contributed by atoms with E-state index in [9.17, 15) is 9.59 Å². The molecule has 2 aliphatic rings. The number of rotatable bonds is 3. The highest BCUT2D eigenvalue weighted by molar-refractivity contribution is 7.17. The Labute approximate surface area is 243 Å². The third-order valence-corrected chi connectivity index (χ3v) is 8.06. The molecule has 208 valence electrons. The van der Waals surface area contributed by atoms with E-state index < -0.39 is 18.3 Å². The van der Waals surface area contributed by atoms with E-state index in [1.807, 2.05) is 37.4 Å². The van der Waals surface area contributed by atoms with Crippen LogP contribution in [0.15, 0.2) is 60.7 Å². The fraction of sp³-hybridized carbons (Fsp3) is 0.321. The molecule has 0 radical (unpaired) electrons. The lowest BCUT2D eigenvalue weighted by atomic mass is 9.96. The predicted octanol–water partition coefficient (Wildman–Crippen LogP) is 5.81. The molecule has 0 N–H and O–H groups in total. The second-order valence-corrected chi connectivity index (χ2v) is 10.4. The van der Waals surface area contributed by atoms with Gasteiger partial charge >= 0.3 is 0 Å². The number of fused-ring (bicyclic) bond motifs is 1. The molecule has 3 aromatic rings. The van der Waals surface area contributed by atoms with E-state index in [0.717, 1.165) is 11.6 Å². The van der Waals surface area contributed by atoms with Gasteiger partial charge in [-0.3, -0.25) is 9.59 Å². The second-order valence-electron chi connectivity index (χ2n) is 9.41. The summed E-state index contributed by atoms with van der Waals surface area (Å²) in [5.74, 6) is -4.07. The van der Waals surface area contributed by atoms with Crippen LogP contribution < -0.4 is 4.90 Å². The molecule has 39 heavy (non-hydrogen) atoms. The Morgan fingerprint density at radius 1 is 0.949 bits per heavy atom. The number of hydrogen-bond acceptors (Lipinski definition) is 5. The minimum atomic E-state index is -3.27. The fourth-order valence-electron chi connectivity index (χ4n) is 4.70. The van der Waals surface area contributed by atoms with Crippen LogP contribution >= 0.6 is 36.2 Å². The average molecular weight is 596 g/mol. The molecule has 0 aliphatic carbocycles. The van der Waals surface area contributed by atoms with Crippen molar-refractivity contribution in [2.45, 2.75) is 19.3 Å². The summed E-state index contributed by atoms with van der Waals surface area (Å²) in [7, 11) is 1.97. The van der Waals surface area contributed by atoms with Crippen molar-refractivity contribution < 1.29 is 18.4 Å². The Bertz CT molecular complexity index is 1360. The minimum absolute atomic E-state index is 0. The molecule has 2 amide bonds. The van der Waals surface area contributed by atoms with Crippen LogP contribution in [-0.4, -0.2) is 72.3 Å². The van der Waals surface area contributed by atoms with E-state index in [4.69, 9.17) is 0 Å². The molecule has 0 saturated carbocycles. The second kappa shape index (κ2) is 12.6. The number of aromatic nitrogens is 1. The number of carbonyl (C=O) groups excluding carboxylic acids is 2. The van der Waals surface area contributed by atoms with Gasteiger partial charge in [-0.1, -0.05) is 48.5 Å². The quantitative estimate of drug-likeness (QED) is 0.359. The molecular weight excluding hydrogens is 565 g/mol. The molecule has 0 bridgehead atoms. The molecule has 1 fully saturated rings. The third kappa shape index (κ3) is 6.32. The summed E-state index contributed by atoms with van der Waals surface area (Å²) < 4.78 is 31.1. The lowest BCUT2D eigenvalue weighted by molar-refractivity contribution is -0.127. The molecule has 6 nitrogen and oxygen atoms in total. The normalized spacial score (nSPS) is 18.0. The summed E-state index contributed by atoms with van der Waals surface area (Å²) in [5, 5.41) is 0.702. The zero-order chi connectivity index (χ0) is 26.2. The lowest BCUT2D eigenvalue weighted by Crippen LogP contribution is -2.46. The Hall–Kier alpha value is -2.85. The van der Waals surface area contributed by atoms with Crippen molar-refractivity contribution in [2.24, 2.45) is 0 Å². The maximum absolute atomic E-state index is 15.5. The summed E-state index contributed by atoms with van der Waals surface area (Å²) in [6.07, 6.45) is 0.488. The Balaban J connectivity index is 0.00000210. The first-order chi connectivity index (χ1) is 17.7. The van der Waals surface area contributed by atoms with Crippen molar-refractivity contribution in [2.75, 3.05) is 44.7 Å². The Kier molecular flexibility index (Phi) is 9.88. The molecule has 5 rings (SSSR count). The smallest absolute Gasteiger partial charge is 0.275 e. The highest BCUT2D eigenvalue weighted by atomic mass is 35.5. The standard InChI is InChI=1S/C28H28F2N4O2S.2ClH/c1-19-25(37-26(31-19)20-8-4-3-5-9-20)27(36)34-13-12-28(29,30)22(21-10-6-7-11-23(21)34)18-24(35)33-16-14-32(2)15-17-33;;/h3-11,18H,12-17H2,1-2H3;2*1H/b22-18-;;. The number of likely N-dealkylation sites (N-methyl/N-ethyl adjacent to an activating group) is 1. The van der Waals surface area contributed by atoms with E-state index in [1.54, 1.807) is 36.1 Å². The van der Waals surface area contributed by atoms with Crippen molar-refractivity contribution in [3.05, 3.63) is 76.8 Å². The van der Waals surface area contributed by atoms with Crippen LogP contribution in [0.25, 0.3) is 16.1 Å². The molecule has 2 aromatic carbocycles. The monoisotopic (exact) mass is 594 g/mol. The average Bonchev–Trinajstić information content (AvgIpc) is 3.25. The van der Waals surface area contributed by atoms with E-state index in [1.165, 1.54) is 16.2 Å². The zero-order valence-electron chi connectivity index (χ0n) is 21.6. The van der Waals surface area contributed by atoms with Crippen LogP contribution in [0.2, 0.25) is 0 Å². The summed E-state index contributed by atoms with van der Waals surface area (Å²) in [6, 6.07) is 16.1. The number of alkyl halides is 2. The van der Waals surface area contributed by atoms with Crippen LogP contribution in [0.5, 0.6) is 0 Å². The molecule has 0 unspecified atom stereocenters. The molecule has 0 atom stereocenters. The fourth-order valence-corrected chi connectivity index (χ4v) is 5.72. The number of thiazole rings is 1. The number of halogens is 4. The topological polar surface area (TPSA) is 56.8 Å². The number of hydrogen-bond donors (Lipinski definition) is 0. The van der Waals surface area contributed by atoms with Crippen LogP contribution in [0.1, 0.15) is 27.3 Å². The van der Waals surface area contributed by atoms with Gasteiger partial charge in [-0.05, 0) is 20.0 Å².